The van der Waals surface area contributed by atoms with Crippen molar-refractivity contribution in [1.29, 1.82) is 0 Å². The van der Waals surface area contributed by atoms with E-state index in [4.69, 9.17) is 9.47 Å². The molecule has 3 aromatic rings. The van der Waals surface area contributed by atoms with Gasteiger partial charge in [-0.1, -0.05) is 31.4 Å². The van der Waals surface area contributed by atoms with Crippen molar-refractivity contribution in [3.63, 3.8) is 0 Å². The number of ether oxygens (including phenoxy) is 2. The van der Waals surface area contributed by atoms with Gasteiger partial charge in [0, 0.05) is 30.8 Å². The van der Waals surface area contributed by atoms with Gasteiger partial charge >= 0.3 is 0 Å². The Kier molecular flexibility index (Phi) is 5.60. The number of carbonyl (C=O) groups excluding carboxylic acids is 1. The Morgan fingerprint density at radius 3 is 2.87 bits per heavy atom. The first-order valence-electron chi connectivity index (χ1n) is 11.0. The second kappa shape index (κ2) is 8.83. The Balaban J connectivity index is 1.32. The summed E-state index contributed by atoms with van der Waals surface area (Å²) in [5.41, 5.74) is 2.05. The second-order valence-corrected chi connectivity index (χ2v) is 8.10. The molecule has 1 fully saturated rings. The lowest BCUT2D eigenvalue weighted by atomic mass is 9.95. The van der Waals surface area contributed by atoms with Crippen LogP contribution in [0.1, 0.15) is 54.4 Å². The van der Waals surface area contributed by atoms with E-state index in [0.717, 1.165) is 36.3 Å². The number of amides is 1. The molecule has 0 spiro atoms. The molecular formula is C23H27N5O3. The molecule has 1 saturated carbocycles. The number of anilines is 1. The highest BCUT2D eigenvalue weighted by atomic mass is 16.5. The molecule has 3 heterocycles. The number of carbonyl (C=O) groups is 1. The largest absolute Gasteiger partial charge is 0.490 e. The van der Waals surface area contributed by atoms with Crippen LogP contribution in [0.15, 0.2) is 36.7 Å². The Morgan fingerprint density at radius 1 is 1.10 bits per heavy atom. The van der Waals surface area contributed by atoms with Gasteiger partial charge in [-0.25, -0.2) is 9.50 Å². The third-order valence-electron chi connectivity index (χ3n) is 5.87. The quantitative estimate of drug-likeness (QED) is 0.655. The highest BCUT2D eigenvalue weighted by Gasteiger charge is 2.20. The van der Waals surface area contributed by atoms with Crippen LogP contribution in [0, 0.1) is 0 Å². The lowest BCUT2D eigenvalue weighted by molar-refractivity contribution is 0.0929. The lowest BCUT2D eigenvalue weighted by Crippen LogP contribution is -2.36. The first kappa shape index (κ1) is 19.7. The molecule has 2 aromatic heterocycles. The summed E-state index contributed by atoms with van der Waals surface area (Å²) in [4.78, 5) is 17.5. The lowest BCUT2D eigenvalue weighted by Gasteiger charge is -2.22. The van der Waals surface area contributed by atoms with Gasteiger partial charge in [0.1, 0.15) is 11.4 Å². The van der Waals surface area contributed by atoms with E-state index in [2.05, 4.69) is 20.7 Å². The van der Waals surface area contributed by atoms with Gasteiger partial charge in [-0.15, -0.1) is 0 Å². The number of benzene rings is 1. The van der Waals surface area contributed by atoms with E-state index < -0.39 is 0 Å². The maximum atomic E-state index is 12.8. The normalized spacial score (nSPS) is 16.6. The zero-order chi connectivity index (χ0) is 21.0. The number of nitrogens with zero attached hydrogens (tertiary/aromatic N) is 3. The minimum Gasteiger partial charge on any atom is -0.490 e. The summed E-state index contributed by atoms with van der Waals surface area (Å²) in [7, 11) is 0. The average Bonchev–Trinajstić information content (AvgIpc) is 3.07. The minimum atomic E-state index is -0.106. The third-order valence-corrected chi connectivity index (χ3v) is 5.87. The predicted molar refractivity (Wildman–Crippen MR) is 117 cm³/mol. The molecule has 0 saturated heterocycles. The van der Waals surface area contributed by atoms with Crippen LogP contribution in [0.3, 0.4) is 0 Å². The smallest absolute Gasteiger partial charge is 0.256 e. The van der Waals surface area contributed by atoms with Crippen molar-refractivity contribution >= 4 is 17.4 Å². The fraction of sp³-hybridized carbons (Fsp3) is 0.435. The van der Waals surface area contributed by atoms with Gasteiger partial charge in [0.15, 0.2) is 17.1 Å². The summed E-state index contributed by atoms with van der Waals surface area (Å²) in [6, 6.07) is 8.00. The summed E-state index contributed by atoms with van der Waals surface area (Å²) in [5.74, 6) is 2.13. The van der Waals surface area contributed by atoms with Crippen LogP contribution in [0.2, 0.25) is 0 Å². The van der Waals surface area contributed by atoms with E-state index in [-0.39, 0.29) is 11.9 Å². The van der Waals surface area contributed by atoms with Crippen LogP contribution in [-0.2, 0) is 6.54 Å². The first-order valence-corrected chi connectivity index (χ1v) is 11.0. The summed E-state index contributed by atoms with van der Waals surface area (Å²) in [6.07, 6.45) is 9.94. The van der Waals surface area contributed by atoms with Crippen LogP contribution in [0.5, 0.6) is 11.5 Å². The standard InChI is InChI=1S/C23H27N5O3/c29-23(26-17-7-2-1-3-8-17)18-15-25-28-11-10-20(27-22(18)28)24-14-16-6-4-9-19-21(16)31-13-5-12-30-19/h4,6,9-11,15,17H,1-3,5,7-8,12-14H2,(H,24,27)(H,26,29). The van der Waals surface area contributed by atoms with Crippen molar-refractivity contribution in [2.45, 2.75) is 51.1 Å². The molecule has 1 aliphatic carbocycles. The van der Waals surface area contributed by atoms with Crippen molar-refractivity contribution in [2.75, 3.05) is 18.5 Å². The molecule has 0 unspecified atom stereocenters. The molecule has 0 bridgehead atoms. The minimum absolute atomic E-state index is 0.106. The number of nitrogens with one attached hydrogen (secondary N) is 2. The summed E-state index contributed by atoms with van der Waals surface area (Å²) in [6.45, 7) is 1.84. The van der Waals surface area contributed by atoms with Gasteiger partial charge in [-0.2, -0.15) is 5.10 Å². The van der Waals surface area contributed by atoms with Gasteiger partial charge in [-0.3, -0.25) is 4.79 Å². The topological polar surface area (TPSA) is 89.8 Å². The Bertz CT molecular complexity index is 1070. The maximum absolute atomic E-state index is 12.8. The molecule has 2 N–H and O–H groups in total. The third kappa shape index (κ3) is 4.28. The molecule has 5 rings (SSSR count). The zero-order valence-corrected chi connectivity index (χ0v) is 17.5. The highest BCUT2D eigenvalue weighted by molar-refractivity contribution is 5.99. The fourth-order valence-corrected chi connectivity index (χ4v) is 4.22. The van der Waals surface area contributed by atoms with Gasteiger partial charge in [-0.05, 0) is 25.0 Å². The number of aromatic nitrogens is 3. The van der Waals surface area contributed by atoms with Crippen LogP contribution >= 0.6 is 0 Å². The number of fused-ring (bicyclic) bond motifs is 2. The number of para-hydroxylation sites is 1. The molecule has 1 aliphatic heterocycles. The Morgan fingerprint density at radius 2 is 1.97 bits per heavy atom. The monoisotopic (exact) mass is 421 g/mol. The maximum Gasteiger partial charge on any atom is 0.256 e. The van der Waals surface area contributed by atoms with E-state index in [1.165, 1.54) is 19.3 Å². The van der Waals surface area contributed by atoms with Crippen molar-refractivity contribution in [1.82, 2.24) is 19.9 Å². The summed E-state index contributed by atoms with van der Waals surface area (Å²) in [5, 5.41) is 10.8. The van der Waals surface area contributed by atoms with E-state index >= 15 is 0 Å². The highest BCUT2D eigenvalue weighted by Crippen LogP contribution is 2.33. The summed E-state index contributed by atoms with van der Waals surface area (Å²) >= 11 is 0. The Labute approximate surface area is 181 Å². The molecule has 1 amide bonds. The molecule has 1 aromatic carbocycles. The fourth-order valence-electron chi connectivity index (χ4n) is 4.22. The van der Waals surface area contributed by atoms with Crippen LogP contribution in [0.25, 0.3) is 5.65 Å². The molecule has 162 valence electrons. The van der Waals surface area contributed by atoms with Gasteiger partial charge in [0.25, 0.3) is 5.91 Å². The second-order valence-electron chi connectivity index (χ2n) is 8.10. The Hall–Kier alpha value is -3.29. The number of rotatable bonds is 5. The zero-order valence-electron chi connectivity index (χ0n) is 17.5. The average molecular weight is 422 g/mol. The molecule has 8 heteroatoms. The number of hydrogen-bond donors (Lipinski definition) is 2. The number of hydrogen-bond acceptors (Lipinski definition) is 6. The van der Waals surface area contributed by atoms with E-state index in [1.54, 1.807) is 10.7 Å². The van der Waals surface area contributed by atoms with Gasteiger partial charge in [0.2, 0.25) is 0 Å². The first-order chi connectivity index (χ1) is 15.3. The summed E-state index contributed by atoms with van der Waals surface area (Å²) < 4.78 is 13.3. The van der Waals surface area contributed by atoms with Gasteiger partial charge < -0.3 is 20.1 Å². The molecular weight excluding hydrogens is 394 g/mol. The van der Waals surface area contributed by atoms with Gasteiger partial charge in [0.05, 0.1) is 19.4 Å². The van der Waals surface area contributed by atoms with Crippen LogP contribution in [-0.4, -0.2) is 39.8 Å². The molecule has 8 nitrogen and oxygen atoms in total. The van der Waals surface area contributed by atoms with Crippen LogP contribution in [0.4, 0.5) is 5.82 Å². The van der Waals surface area contributed by atoms with Crippen molar-refractivity contribution < 1.29 is 14.3 Å². The van der Waals surface area contributed by atoms with E-state index in [0.29, 0.717) is 36.8 Å². The molecule has 0 radical (unpaired) electrons. The predicted octanol–water partition coefficient (Wildman–Crippen LogP) is 3.57. The van der Waals surface area contributed by atoms with E-state index in [9.17, 15) is 4.79 Å². The van der Waals surface area contributed by atoms with Crippen molar-refractivity contribution in [2.24, 2.45) is 0 Å². The van der Waals surface area contributed by atoms with E-state index in [1.807, 2.05) is 30.5 Å². The van der Waals surface area contributed by atoms with Crippen molar-refractivity contribution in [3.8, 4) is 11.5 Å². The van der Waals surface area contributed by atoms with Crippen LogP contribution < -0.4 is 20.1 Å². The van der Waals surface area contributed by atoms with Crippen molar-refractivity contribution in [3.05, 3.63) is 47.8 Å². The molecule has 31 heavy (non-hydrogen) atoms. The molecule has 2 aliphatic rings. The molecule has 0 atom stereocenters. The SMILES string of the molecule is O=C(NC1CCCCC1)c1cnn2ccc(NCc3cccc4c3OCCCO4)nc12.